The van der Waals surface area contributed by atoms with Gasteiger partial charge in [-0.2, -0.15) is 0 Å². The molecule has 0 bridgehead atoms. The number of rotatable bonds is 3. The van der Waals surface area contributed by atoms with Crippen LogP contribution in [0, 0.1) is 0 Å². The summed E-state index contributed by atoms with van der Waals surface area (Å²) in [7, 11) is 4.09. The van der Waals surface area contributed by atoms with Crippen LogP contribution in [-0.4, -0.2) is 61.5 Å². The quantitative estimate of drug-likeness (QED) is 0.787. The lowest BCUT2D eigenvalue weighted by atomic mass is 10.0. The lowest BCUT2D eigenvalue weighted by molar-refractivity contribution is -0.132. The van der Waals surface area contributed by atoms with Gasteiger partial charge in [-0.3, -0.25) is 4.79 Å². The van der Waals surface area contributed by atoms with Crippen LogP contribution in [0.4, 0.5) is 0 Å². The van der Waals surface area contributed by atoms with Gasteiger partial charge in [-0.1, -0.05) is 6.42 Å². The fraction of sp³-hybridized carbons (Fsp3) is 0.923. The van der Waals surface area contributed by atoms with E-state index in [1.165, 1.54) is 12.8 Å². The van der Waals surface area contributed by atoms with Gasteiger partial charge in [0.1, 0.15) is 0 Å². The molecule has 2 rings (SSSR count). The molecule has 0 aromatic rings. The number of piperidine rings is 1. The molecule has 0 aromatic carbocycles. The van der Waals surface area contributed by atoms with E-state index in [-0.39, 0.29) is 0 Å². The summed E-state index contributed by atoms with van der Waals surface area (Å²) in [5.74, 6) is 0.310. The van der Waals surface area contributed by atoms with E-state index in [1.54, 1.807) is 0 Å². The zero-order chi connectivity index (χ0) is 12.3. The highest BCUT2D eigenvalue weighted by Crippen LogP contribution is 2.16. The van der Waals surface area contributed by atoms with E-state index in [0.717, 1.165) is 32.5 Å². The molecule has 98 valence electrons. The van der Waals surface area contributed by atoms with Crippen LogP contribution in [0.3, 0.4) is 0 Å². The fourth-order valence-electron chi connectivity index (χ4n) is 2.88. The van der Waals surface area contributed by atoms with Gasteiger partial charge in [0.15, 0.2) is 0 Å². The maximum absolute atomic E-state index is 12.2. The minimum absolute atomic E-state index is 0.310. The molecule has 2 aliphatic heterocycles. The molecule has 2 aliphatic rings. The first kappa shape index (κ1) is 12.8. The Bertz CT molecular complexity index is 263. The van der Waals surface area contributed by atoms with E-state index in [4.69, 9.17) is 0 Å². The van der Waals surface area contributed by atoms with Gasteiger partial charge in [-0.25, -0.2) is 0 Å². The van der Waals surface area contributed by atoms with Crippen molar-refractivity contribution in [2.24, 2.45) is 0 Å². The van der Waals surface area contributed by atoms with Crippen molar-refractivity contribution >= 4 is 5.91 Å². The number of likely N-dealkylation sites (N-methyl/N-ethyl adjacent to an activating group) is 2. The van der Waals surface area contributed by atoms with Crippen LogP contribution in [0.25, 0.3) is 0 Å². The zero-order valence-electron chi connectivity index (χ0n) is 11.1. The van der Waals surface area contributed by atoms with Crippen LogP contribution in [0.15, 0.2) is 0 Å². The molecule has 2 fully saturated rings. The lowest BCUT2D eigenvalue weighted by Crippen LogP contribution is -2.43. The molecule has 0 aliphatic carbocycles. The highest BCUT2D eigenvalue weighted by molar-refractivity contribution is 5.77. The van der Waals surface area contributed by atoms with E-state index in [2.05, 4.69) is 17.3 Å². The zero-order valence-corrected chi connectivity index (χ0v) is 11.1. The molecule has 2 heterocycles. The van der Waals surface area contributed by atoms with Gasteiger partial charge in [-0.05, 0) is 39.4 Å². The van der Waals surface area contributed by atoms with E-state index < -0.39 is 0 Å². The molecule has 0 radical (unpaired) electrons. The van der Waals surface area contributed by atoms with Crippen molar-refractivity contribution in [2.75, 3.05) is 33.7 Å². The van der Waals surface area contributed by atoms with Crippen LogP contribution in [0.2, 0.25) is 0 Å². The fourth-order valence-corrected chi connectivity index (χ4v) is 2.88. The second kappa shape index (κ2) is 5.83. The number of hydrogen-bond donors (Lipinski definition) is 1. The van der Waals surface area contributed by atoms with Crippen LogP contribution in [0.1, 0.15) is 32.1 Å². The van der Waals surface area contributed by atoms with E-state index >= 15 is 0 Å². The van der Waals surface area contributed by atoms with Crippen LogP contribution >= 0.6 is 0 Å². The Morgan fingerprint density at radius 2 is 2.24 bits per heavy atom. The van der Waals surface area contributed by atoms with E-state index in [1.807, 2.05) is 11.9 Å². The van der Waals surface area contributed by atoms with Crippen molar-refractivity contribution in [3.05, 3.63) is 0 Å². The Hall–Kier alpha value is -0.610. The third-order valence-corrected chi connectivity index (χ3v) is 4.14. The smallest absolute Gasteiger partial charge is 0.224 e. The Labute approximate surface area is 104 Å². The Morgan fingerprint density at radius 1 is 1.41 bits per heavy atom. The lowest BCUT2D eigenvalue weighted by Gasteiger charge is -2.28. The minimum Gasteiger partial charge on any atom is -0.341 e. The van der Waals surface area contributed by atoms with Gasteiger partial charge in [-0.15, -0.1) is 0 Å². The predicted molar refractivity (Wildman–Crippen MR) is 68.9 cm³/mol. The summed E-state index contributed by atoms with van der Waals surface area (Å²) in [6.07, 6.45) is 5.48. The Balaban J connectivity index is 1.78. The molecule has 4 nitrogen and oxygen atoms in total. The van der Waals surface area contributed by atoms with E-state index in [9.17, 15) is 4.79 Å². The molecule has 0 saturated carbocycles. The number of carbonyl (C=O) groups is 1. The third kappa shape index (κ3) is 3.42. The molecule has 1 amide bonds. The highest BCUT2D eigenvalue weighted by atomic mass is 16.2. The topological polar surface area (TPSA) is 35.6 Å². The van der Waals surface area contributed by atoms with Gasteiger partial charge in [0.05, 0.1) is 0 Å². The maximum Gasteiger partial charge on any atom is 0.224 e. The second-order valence-electron chi connectivity index (χ2n) is 5.56. The molecule has 1 N–H and O–H groups in total. The standard InChI is InChI=1S/C13H25N3O/c1-15-8-6-12(10-15)16(2)13(17)9-11-5-3-4-7-14-11/h11-12,14H,3-10H2,1-2H3. The van der Waals surface area contributed by atoms with E-state index in [0.29, 0.717) is 24.4 Å². The summed E-state index contributed by atoms with van der Waals surface area (Å²) >= 11 is 0. The van der Waals surface area contributed by atoms with Gasteiger partial charge < -0.3 is 15.1 Å². The first-order chi connectivity index (χ1) is 8.16. The first-order valence-corrected chi connectivity index (χ1v) is 6.84. The van der Waals surface area contributed by atoms with Crippen LogP contribution in [-0.2, 0) is 4.79 Å². The number of nitrogens with zero attached hydrogens (tertiary/aromatic N) is 2. The van der Waals surface area contributed by atoms with Gasteiger partial charge in [0, 0.05) is 32.1 Å². The SMILES string of the molecule is CN1CCC(N(C)C(=O)CC2CCCCN2)C1. The number of amides is 1. The van der Waals surface area contributed by atoms with Crippen LogP contribution in [0.5, 0.6) is 0 Å². The summed E-state index contributed by atoms with van der Waals surface area (Å²) in [6, 6.07) is 0.842. The van der Waals surface area contributed by atoms with Crippen LogP contribution < -0.4 is 5.32 Å². The molecule has 17 heavy (non-hydrogen) atoms. The van der Waals surface area contributed by atoms with Crippen molar-refractivity contribution in [1.82, 2.24) is 15.1 Å². The summed E-state index contributed by atoms with van der Waals surface area (Å²) in [6.45, 7) is 3.22. The second-order valence-corrected chi connectivity index (χ2v) is 5.56. The third-order valence-electron chi connectivity index (χ3n) is 4.14. The molecule has 2 unspecified atom stereocenters. The predicted octanol–water partition coefficient (Wildman–Crippen LogP) is 0.681. The molecular weight excluding hydrogens is 214 g/mol. The monoisotopic (exact) mass is 239 g/mol. The minimum atomic E-state index is 0.310. The Kier molecular flexibility index (Phi) is 4.40. The molecule has 0 aromatic heterocycles. The van der Waals surface area contributed by atoms with Gasteiger partial charge >= 0.3 is 0 Å². The molecule has 2 saturated heterocycles. The molecule has 0 spiro atoms. The molecule has 4 heteroatoms. The average molecular weight is 239 g/mol. The summed E-state index contributed by atoms with van der Waals surface area (Å²) in [5, 5.41) is 3.45. The van der Waals surface area contributed by atoms with Crippen molar-refractivity contribution in [3.63, 3.8) is 0 Å². The number of hydrogen-bond acceptors (Lipinski definition) is 3. The maximum atomic E-state index is 12.2. The average Bonchev–Trinajstić information content (AvgIpc) is 2.76. The molecule has 2 atom stereocenters. The first-order valence-electron chi connectivity index (χ1n) is 6.84. The number of likely N-dealkylation sites (tertiary alicyclic amines) is 1. The van der Waals surface area contributed by atoms with Crippen molar-refractivity contribution < 1.29 is 4.79 Å². The summed E-state index contributed by atoms with van der Waals surface area (Å²) in [4.78, 5) is 16.4. The van der Waals surface area contributed by atoms with Crippen molar-refractivity contribution in [3.8, 4) is 0 Å². The van der Waals surface area contributed by atoms with Gasteiger partial charge in [0.25, 0.3) is 0 Å². The normalized spacial score (nSPS) is 30.5. The summed E-state index contributed by atoms with van der Waals surface area (Å²) in [5.41, 5.74) is 0. The molecular formula is C13H25N3O. The highest BCUT2D eigenvalue weighted by Gasteiger charge is 2.27. The Morgan fingerprint density at radius 3 is 2.82 bits per heavy atom. The van der Waals surface area contributed by atoms with Crippen molar-refractivity contribution in [1.29, 1.82) is 0 Å². The number of carbonyl (C=O) groups excluding carboxylic acids is 1. The largest absolute Gasteiger partial charge is 0.341 e. The van der Waals surface area contributed by atoms with Gasteiger partial charge in [0.2, 0.25) is 5.91 Å². The number of nitrogens with one attached hydrogen (secondary N) is 1. The summed E-state index contributed by atoms with van der Waals surface area (Å²) < 4.78 is 0. The van der Waals surface area contributed by atoms with Crippen molar-refractivity contribution in [2.45, 2.75) is 44.2 Å².